The molecule has 0 saturated heterocycles. The number of rotatable bonds is 14. The minimum absolute atomic E-state index is 0.0245. The predicted molar refractivity (Wildman–Crippen MR) is 101 cm³/mol. The topological polar surface area (TPSA) is 83.1 Å². The van der Waals surface area contributed by atoms with Crippen LogP contribution in [0, 0.1) is 0 Å². The Morgan fingerprint density at radius 3 is 2.54 bits per heavy atom. The molecule has 1 rings (SSSR count). The second kappa shape index (κ2) is 12.7. The van der Waals surface area contributed by atoms with Crippen molar-refractivity contribution in [1.82, 2.24) is 5.32 Å². The van der Waals surface area contributed by atoms with Crippen molar-refractivity contribution in [2.24, 2.45) is 0 Å². The van der Waals surface area contributed by atoms with E-state index in [0.29, 0.717) is 17.9 Å². The lowest BCUT2D eigenvalue weighted by Gasteiger charge is -2.17. The summed E-state index contributed by atoms with van der Waals surface area (Å²) >= 11 is 0. The summed E-state index contributed by atoms with van der Waals surface area (Å²) in [5, 5.41) is 2.74. The molecular weight excluding hydrogens is 357 g/mol. The molecule has 0 saturated carbocycles. The molecule has 0 aliphatic heterocycles. The minimum atomic E-state index is -3.75. The first-order valence-corrected chi connectivity index (χ1v) is 10.4. The molecule has 1 aromatic carbocycles. The van der Waals surface area contributed by atoms with Crippen LogP contribution < -0.4 is 14.6 Å². The van der Waals surface area contributed by atoms with E-state index in [1.165, 1.54) is 27.1 Å². The highest BCUT2D eigenvalue weighted by Gasteiger charge is 2.26. The lowest BCUT2D eigenvalue weighted by Crippen LogP contribution is -2.26. The van der Waals surface area contributed by atoms with Crippen molar-refractivity contribution < 1.29 is 27.7 Å². The summed E-state index contributed by atoms with van der Waals surface area (Å²) in [7, 11) is -0.981. The average Bonchev–Trinajstić information content (AvgIpc) is 2.65. The second-order valence-electron chi connectivity index (χ2n) is 5.75. The molecule has 0 aliphatic carbocycles. The van der Waals surface area contributed by atoms with Gasteiger partial charge in [0, 0.05) is 26.1 Å². The molecule has 0 heterocycles. The van der Waals surface area contributed by atoms with Gasteiger partial charge in [0.15, 0.2) is 0 Å². The summed E-state index contributed by atoms with van der Waals surface area (Å²) in [5.41, 5.74) is 0. The lowest BCUT2D eigenvalue weighted by molar-refractivity contribution is -0.121. The van der Waals surface area contributed by atoms with Crippen molar-refractivity contribution in [3.63, 3.8) is 0 Å². The van der Waals surface area contributed by atoms with Crippen molar-refractivity contribution >= 4 is 13.7 Å². The van der Waals surface area contributed by atoms with Crippen LogP contribution in [0.2, 0.25) is 0 Å². The molecule has 0 aliphatic rings. The van der Waals surface area contributed by atoms with Gasteiger partial charge in [-0.3, -0.25) is 13.8 Å². The molecule has 0 spiro atoms. The maximum atomic E-state index is 12.4. The zero-order chi connectivity index (χ0) is 19.3. The van der Waals surface area contributed by atoms with Crippen LogP contribution in [0.15, 0.2) is 24.3 Å². The van der Waals surface area contributed by atoms with E-state index < -0.39 is 7.82 Å². The van der Waals surface area contributed by atoms with E-state index >= 15 is 0 Å². The third kappa shape index (κ3) is 9.22. The zero-order valence-corrected chi connectivity index (χ0v) is 16.8. The molecule has 7 nitrogen and oxygen atoms in total. The fourth-order valence-electron chi connectivity index (χ4n) is 2.23. The molecule has 0 aromatic heterocycles. The van der Waals surface area contributed by atoms with E-state index in [1.807, 2.05) is 0 Å². The average molecular weight is 387 g/mol. The molecule has 1 aromatic rings. The van der Waals surface area contributed by atoms with E-state index in [0.717, 1.165) is 19.3 Å². The normalized spacial score (nSPS) is 13.0. The first kappa shape index (κ1) is 22.5. The summed E-state index contributed by atoms with van der Waals surface area (Å²) in [6, 6.07) is 6.64. The van der Waals surface area contributed by atoms with Gasteiger partial charge in [0.2, 0.25) is 5.91 Å². The summed E-state index contributed by atoms with van der Waals surface area (Å²) in [5.74, 6) is 0.841. The van der Waals surface area contributed by atoms with Gasteiger partial charge >= 0.3 is 7.82 Å². The number of hydrogen-bond donors (Lipinski definition) is 1. The van der Waals surface area contributed by atoms with Crippen molar-refractivity contribution in [3.8, 4) is 11.5 Å². The quantitative estimate of drug-likeness (QED) is 0.378. The Balaban J connectivity index is 2.30. The van der Waals surface area contributed by atoms with Gasteiger partial charge in [-0.05, 0) is 18.6 Å². The van der Waals surface area contributed by atoms with E-state index in [-0.39, 0.29) is 19.1 Å². The van der Waals surface area contributed by atoms with Crippen LogP contribution in [0.5, 0.6) is 11.5 Å². The lowest BCUT2D eigenvalue weighted by atomic mass is 10.1. The van der Waals surface area contributed by atoms with Crippen LogP contribution in [0.1, 0.15) is 45.4 Å². The monoisotopic (exact) mass is 387 g/mol. The van der Waals surface area contributed by atoms with Gasteiger partial charge in [0.25, 0.3) is 0 Å². The number of hydrogen-bond acceptors (Lipinski definition) is 6. The second-order valence-corrected chi connectivity index (χ2v) is 7.45. The molecule has 1 unspecified atom stereocenters. The number of ether oxygens (including phenoxy) is 1. The number of carbonyl (C=O) groups is 1. The molecule has 1 amide bonds. The van der Waals surface area contributed by atoms with Crippen LogP contribution in [-0.2, 0) is 18.4 Å². The predicted octanol–water partition coefficient (Wildman–Crippen LogP) is 4.32. The first-order chi connectivity index (χ1) is 12.5. The molecule has 1 N–H and O–H groups in total. The third-order valence-electron chi connectivity index (χ3n) is 3.66. The van der Waals surface area contributed by atoms with Gasteiger partial charge < -0.3 is 14.6 Å². The largest absolute Gasteiger partial charge is 0.529 e. The van der Waals surface area contributed by atoms with Crippen molar-refractivity contribution in [2.45, 2.75) is 45.4 Å². The summed E-state index contributed by atoms with van der Waals surface area (Å²) in [6.07, 6.45) is 5.97. The molecule has 0 radical (unpaired) electrons. The molecule has 0 fully saturated rings. The smallest absolute Gasteiger partial charge is 0.497 e. The standard InChI is InChI=1S/C18H30NO6P/c1-4-5-6-7-8-12-18(20)19-13-14-24-26(21,23-3)25-17-11-9-10-16(15-17)22-2/h9-11,15H,4-8,12-14H2,1-3H3,(H,19,20). The van der Waals surface area contributed by atoms with Gasteiger partial charge in [-0.2, -0.15) is 0 Å². The van der Waals surface area contributed by atoms with E-state index in [1.54, 1.807) is 24.3 Å². The number of benzene rings is 1. The SMILES string of the molecule is CCCCCCCC(=O)NCCOP(=O)(OC)Oc1cccc(OC)c1. The van der Waals surface area contributed by atoms with E-state index in [2.05, 4.69) is 12.2 Å². The third-order valence-corrected chi connectivity index (χ3v) is 5.04. The van der Waals surface area contributed by atoms with E-state index in [4.69, 9.17) is 18.3 Å². The Hall–Kier alpha value is -1.56. The van der Waals surface area contributed by atoms with E-state index in [9.17, 15) is 9.36 Å². The number of methoxy groups -OCH3 is 1. The van der Waals surface area contributed by atoms with Crippen LogP contribution in [0.25, 0.3) is 0 Å². The van der Waals surface area contributed by atoms with Gasteiger partial charge in [-0.1, -0.05) is 38.7 Å². The summed E-state index contributed by atoms with van der Waals surface area (Å²) in [4.78, 5) is 11.7. The Kier molecular flexibility index (Phi) is 11.0. The van der Waals surface area contributed by atoms with Crippen molar-refractivity contribution in [2.75, 3.05) is 27.4 Å². The molecule has 8 heteroatoms. The summed E-state index contributed by atoms with van der Waals surface area (Å²) in [6.45, 7) is 2.42. The van der Waals surface area contributed by atoms with Crippen LogP contribution in [0.4, 0.5) is 0 Å². The number of nitrogens with one attached hydrogen (secondary N) is 1. The minimum Gasteiger partial charge on any atom is -0.497 e. The first-order valence-electron chi connectivity index (χ1n) is 8.93. The maximum Gasteiger partial charge on any atom is 0.529 e. The number of carbonyl (C=O) groups excluding carboxylic acids is 1. The van der Waals surface area contributed by atoms with Crippen LogP contribution in [0.3, 0.4) is 0 Å². The Morgan fingerprint density at radius 1 is 1.12 bits per heavy atom. The fourth-order valence-corrected chi connectivity index (χ4v) is 3.15. The molecule has 0 bridgehead atoms. The highest BCUT2D eigenvalue weighted by Crippen LogP contribution is 2.48. The number of phosphoric ester groups is 1. The van der Waals surface area contributed by atoms with Gasteiger partial charge in [-0.15, -0.1) is 0 Å². The summed E-state index contributed by atoms with van der Waals surface area (Å²) < 4.78 is 33.0. The highest BCUT2D eigenvalue weighted by molar-refractivity contribution is 7.48. The molecule has 148 valence electrons. The highest BCUT2D eigenvalue weighted by atomic mass is 31.2. The van der Waals surface area contributed by atoms with Gasteiger partial charge in [-0.25, -0.2) is 4.57 Å². The number of phosphoric acid groups is 1. The zero-order valence-electron chi connectivity index (χ0n) is 15.9. The van der Waals surface area contributed by atoms with Crippen molar-refractivity contribution in [1.29, 1.82) is 0 Å². The number of amides is 1. The molecule has 1 atom stereocenters. The van der Waals surface area contributed by atoms with Crippen molar-refractivity contribution in [3.05, 3.63) is 24.3 Å². The van der Waals surface area contributed by atoms with Crippen LogP contribution in [-0.4, -0.2) is 33.3 Å². The Morgan fingerprint density at radius 2 is 1.85 bits per heavy atom. The number of unbranched alkanes of at least 4 members (excludes halogenated alkanes) is 4. The van der Waals surface area contributed by atoms with Crippen LogP contribution >= 0.6 is 7.82 Å². The Labute approximate surface area is 156 Å². The Bertz CT molecular complexity index is 581. The van der Waals surface area contributed by atoms with Gasteiger partial charge in [0.1, 0.15) is 11.5 Å². The fraction of sp³-hybridized carbons (Fsp3) is 0.611. The maximum absolute atomic E-state index is 12.4. The molecular formula is C18H30NO6P. The molecule has 26 heavy (non-hydrogen) atoms. The van der Waals surface area contributed by atoms with Gasteiger partial charge in [0.05, 0.1) is 13.7 Å².